The molecule has 3 aliphatic rings. The van der Waals surface area contributed by atoms with Crippen molar-refractivity contribution in [2.24, 2.45) is 5.92 Å². The molecule has 3 atom stereocenters. The van der Waals surface area contributed by atoms with Gasteiger partial charge in [-0.1, -0.05) is 20.8 Å². The summed E-state index contributed by atoms with van der Waals surface area (Å²) in [5, 5.41) is 0. The summed E-state index contributed by atoms with van der Waals surface area (Å²) in [6.45, 7) is 9.57. The molecule has 7 heteroatoms. The van der Waals surface area contributed by atoms with Crippen molar-refractivity contribution in [3.8, 4) is 0 Å². The van der Waals surface area contributed by atoms with E-state index in [1.54, 1.807) is 0 Å². The maximum atomic E-state index is 13.1. The monoisotopic (exact) mass is 344 g/mol. The lowest BCUT2D eigenvalue weighted by Crippen LogP contribution is -2.49. The molecule has 2 fully saturated rings. The van der Waals surface area contributed by atoms with Crippen molar-refractivity contribution in [2.45, 2.75) is 57.8 Å². The second kappa shape index (κ2) is 6.00. The lowest BCUT2D eigenvalue weighted by Gasteiger charge is -2.34. The number of hydrogen-bond donors (Lipinski definition) is 2. The van der Waals surface area contributed by atoms with Crippen molar-refractivity contribution >= 4 is 5.91 Å². The smallest absolute Gasteiger partial charge is 0.242 e. The Labute approximate surface area is 149 Å². The number of piperidine rings is 1. The zero-order valence-corrected chi connectivity index (χ0v) is 15.5. The molecule has 3 unspecified atom stereocenters. The summed E-state index contributed by atoms with van der Waals surface area (Å²) in [7, 11) is 2.13. The average Bonchev–Trinajstić information content (AvgIpc) is 3.16. The van der Waals surface area contributed by atoms with E-state index in [1.807, 2.05) is 11.1 Å². The van der Waals surface area contributed by atoms with Gasteiger partial charge in [-0.05, 0) is 20.0 Å². The van der Waals surface area contributed by atoms with Crippen LogP contribution < -0.4 is 10.9 Å². The molecule has 1 amide bonds. The zero-order chi connectivity index (χ0) is 17.8. The van der Waals surface area contributed by atoms with E-state index in [-0.39, 0.29) is 17.4 Å². The Balaban J connectivity index is 1.49. The highest BCUT2D eigenvalue weighted by atomic mass is 16.2. The van der Waals surface area contributed by atoms with Crippen LogP contribution in [-0.2, 0) is 23.3 Å². The molecule has 4 heterocycles. The van der Waals surface area contributed by atoms with E-state index >= 15 is 0 Å². The van der Waals surface area contributed by atoms with Gasteiger partial charge in [0.05, 0.1) is 12.2 Å². The molecule has 1 aromatic heterocycles. The Morgan fingerprint density at radius 1 is 1.28 bits per heavy atom. The lowest BCUT2D eigenvalue weighted by molar-refractivity contribution is -0.135. The molecule has 0 saturated carbocycles. The molecule has 0 spiro atoms. The number of rotatable bonds is 1. The van der Waals surface area contributed by atoms with Gasteiger partial charge in [-0.25, -0.2) is 15.4 Å². The largest absolute Gasteiger partial charge is 0.331 e. The summed E-state index contributed by atoms with van der Waals surface area (Å²) < 4.78 is 0. The van der Waals surface area contributed by atoms with Gasteiger partial charge in [0.2, 0.25) is 5.91 Å². The fourth-order valence-corrected chi connectivity index (χ4v) is 4.08. The highest BCUT2D eigenvalue weighted by Crippen LogP contribution is 2.29. The van der Waals surface area contributed by atoms with Crippen LogP contribution in [0.4, 0.5) is 0 Å². The molecule has 3 aliphatic heterocycles. The fourth-order valence-electron chi connectivity index (χ4n) is 4.08. The first-order chi connectivity index (χ1) is 11.8. The predicted molar refractivity (Wildman–Crippen MR) is 94.4 cm³/mol. The van der Waals surface area contributed by atoms with Crippen LogP contribution >= 0.6 is 0 Å². The third-order valence-electron chi connectivity index (χ3n) is 5.62. The van der Waals surface area contributed by atoms with Gasteiger partial charge >= 0.3 is 0 Å². The van der Waals surface area contributed by atoms with Gasteiger partial charge in [-0.3, -0.25) is 10.2 Å². The Bertz CT molecular complexity index is 685. The van der Waals surface area contributed by atoms with Crippen molar-refractivity contribution in [3.05, 3.63) is 23.3 Å². The maximum Gasteiger partial charge on any atom is 0.242 e. The molecule has 0 aromatic carbocycles. The lowest BCUT2D eigenvalue weighted by atomic mass is 9.88. The van der Waals surface area contributed by atoms with Crippen molar-refractivity contribution in [2.75, 3.05) is 20.1 Å². The molecule has 0 radical (unpaired) electrons. The van der Waals surface area contributed by atoms with Crippen LogP contribution in [0.25, 0.3) is 0 Å². The van der Waals surface area contributed by atoms with Gasteiger partial charge in [-0.15, -0.1) is 0 Å². The number of likely N-dealkylation sites (tertiary alicyclic amines) is 1. The molecule has 4 rings (SSSR count). The SMILES string of the molecule is CN1CCC2NNC(C(=O)N3Cc4cnc(C(C)(C)C)nc4C3)C2C1. The van der Waals surface area contributed by atoms with Gasteiger partial charge in [0.15, 0.2) is 0 Å². The molecule has 7 nitrogen and oxygen atoms in total. The molecule has 1 aromatic rings. The second-order valence-corrected chi connectivity index (χ2v) is 8.70. The minimum Gasteiger partial charge on any atom is -0.331 e. The minimum atomic E-state index is -0.155. The van der Waals surface area contributed by atoms with Crippen LogP contribution in [-0.4, -0.2) is 57.9 Å². The van der Waals surface area contributed by atoms with Crippen molar-refractivity contribution in [1.29, 1.82) is 0 Å². The van der Waals surface area contributed by atoms with E-state index in [2.05, 4.69) is 48.6 Å². The summed E-state index contributed by atoms with van der Waals surface area (Å²) in [6, 6.07) is 0.236. The standard InChI is InChI=1S/C18H28N6O/c1-18(2,3)17-19-7-11-8-24(10-14(11)20-17)16(25)15-12-9-23(4)6-5-13(12)21-22-15/h7,12-13,15,21-22H,5-6,8-10H2,1-4H3. The number of aromatic nitrogens is 2. The van der Waals surface area contributed by atoms with E-state index in [9.17, 15) is 4.79 Å². The molecular weight excluding hydrogens is 316 g/mol. The number of hydrogen-bond acceptors (Lipinski definition) is 6. The van der Waals surface area contributed by atoms with Crippen LogP contribution in [0.5, 0.6) is 0 Å². The average molecular weight is 344 g/mol. The minimum absolute atomic E-state index is 0.0801. The van der Waals surface area contributed by atoms with E-state index in [4.69, 9.17) is 4.98 Å². The summed E-state index contributed by atoms with van der Waals surface area (Å²) in [5.41, 5.74) is 8.58. The van der Waals surface area contributed by atoms with Gasteiger partial charge < -0.3 is 9.80 Å². The first kappa shape index (κ1) is 16.9. The zero-order valence-electron chi connectivity index (χ0n) is 15.5. The number of nitrogens with zero attached hydrogens (tertiary/aromatic N) is 4. The Kier molecular flexibility index (Phi) is 4.05. The molecule has 0 bridgehead atoms. The summed E-state index contributed by atoms with van der Waals surface area (Å²) >= 11 is 0. The number of amides is 1. The molecule has 2 saturated heterocycles. The highest BCUT2D eigenvalue weighted by molar-refractivity contribution is 5.83. The van der Waals surface area contributed by atoms with E-state index < -0.39 is 0 Å². The van der Waals surface area contributed by atoms with Gasteiger partial charge in [0, 0.05) is 42.2 Å². The van der Waals surface area contributed by atoms with E-state index in [0.717, 1.165) is 36.6 Å². The van der Waals surface area contributed by atoms with Crippen LogP contribution in [0.15, 0.2) is 6.20 Å². The number of hydrazine groups is 1. The normalized spacial score (nSPS) is 29.6. The Morgan fingerprint density at radius 2 is 2.08 bits per heavy atom. The molecule has 2 N–H and O–H groups in total. The van der Waals surface area contributed by atoms with Gasteiger partial charge in [-0.2, -0.15) is 0 Å². The summed E-state index contributed by atoms with van der Waals surface area (Å²) in [6.07, 6.45) is 2.98. The Morgan fingerprint density at radius 3 is 2.84 bits per heavy atom. The number of carbonyl (C=O) groups excluding carboxylic acids is 1. The van der Waals surface area contributed by atoms with Crippen LogP contribution in [0.3, 0.4) is 0 Å². The van der Waals surface area contributed by atoms with Crippen LogP contribution in [0.2, 0.25) is 0 Å². The van der Waals surface area contributed by atoms with Crippen LogP contribution in [0.1, 0.15) is 44.3 Å². The van der Waals surface area contributed by atoms with Gasteiger partial charge in [0.25, 0.3) is 0 Å². The fraction of sp³-hybridized carbons (Fsp3) is 0.722. The first-order valence-electron chi connectivity index (χ1n) is 9.16. The molecule has 136 valence electrons. The van der Waals surface area contributed by atoms with Gasteiger partial charge in [0.1, 0.15) is 11.9 Å². The van der Waals surface area contributed by atoms with E-state index in [1.165, 1.54) is 0 Å². The second-order valence-electron chi connectivity index (χ2n) is 8.70. The van der Waals surface area contributed by atoms with Crippen molar-refractivity contribution in [1.82, 2.24) is 30.6 Å². The molecule has 25 heavy (non-hydrogen) atoms. The van der Waals surface area contributed by atoms with Crippen LogP contribution in [0, 0.1) is 5.92 Å². The quantitative estimate of drug-likeness (QED) is 0.769. The first-order valence-corrected chi connectivity index (χ1v) is 9.16. The maximum absolute atomic E-state index is 13.1. The summed E-state index contributed by atoms with van der Waals surface area (Å²) in [5.74, 6) is 1.34. The highest BCUT2D eigenvalue weighted by Gasteiger charge is 2.44. The number of fused-ring (bicyclic) bond motifs is 2. The third kappa shape index (κ3) is 3.05. The van der Waals surface area contributed by atoms with E-state index in [0.29, 0.717) is 25.0 Å². The number of nitrogens with one attached hydrogen (secondary N) is 2. The summed E-state index contributed by atoms with van der Waals surface area (Å²) in [4.78, 5) is 26.6. The number of carbonyl (C=O) groups is 1. The third-order valence-corrected chi connectivity index (χ3v) is 5.62. The Hall–Kier alpha value is -1.57. The van der Waals surface area contributed by atoms with Crippen molar-refractivity contribution in [3.63, 3.8) is 0 Å². The topological polar surface area (TPSA) is 73.4 Å². The van der Waals surface area contributed by atoms with Crippen molar-refractivity contribution < 1.29 is 4.79 Å². The predicted octanol–water partition coefficient (Wildman–Crippen LogP) is 0.413. The molecular formula is C18H28N6O. The molecule has 0 aliphatic carbocycles.